The Bertz CT molecular complexity index is 1130. The average Bonchev–Trinajstić information content (AvgIpc) is 3.06. The molecule has 3 aromatic rings. The van der Waals surface area contributed by atoms with Crippen LogP contribution in [0.5, 0.6) is 0 Å². The molecular formula is C20H13ClF3NO4S. The van der Waals surface area contributed by atoms with Crippen molar-refractivity contribution in [2.75, 3.05) is 13.2 Å². The zero-order valence-electron chi connectivity index (χ0n) is 15.1. The molecule has 0 atom stereocenters. The highest BCUT2D eigenvalue weighted by Crippen LogP contribution is 2.35. The fourth-order valence-corrected chi connectivity index (χ4v) is 3.98. The normalized spacial score (nSPS) is 11.3. The van der Waals surface area contributed by atoms with Gasteiger partial charge in [-0.15, -0.1) is 11.3 Å². The number of Topliss-reactive ketones (excluding diaryl/α,β-unsaturated/α-hetero) is 1. The standard InChI is InChI=1S/C20H13ClF3NO4S/c21-17-13-6-1-2-7-15(13)30-18(17)19(28)25-9-16(27)29-10-14(26)11-4-3-5-12(8-11)20(22,23)24/h1-8H,9-10H2,(H,25,28). The number of esters is 1. The molecule has 2 aromatic carbocycles. The SMILES string of the molecule is O=C(CNC(=O)c1sc2ccccc2c1Cl)OCC(=O)c1cccc(C(F)(F)F)c1. The van der Waals surface area contributed by atoms with Gasteiger partial charge in [0.05, 0.1) is 10.6 Å². The molecule has 10 heteroatoms. The first-order valence-corrected chi connectivity index (χ1v) is 9.67. The Hall–Kier alpha value is -2.91. The molecule has 156 valence electrons. The molecule has 0 unspecified atom stereocenters. The molecule has 0 radical (unpaired) electrons. The van der Waals surface area contributed by atoms with E-state index in [-0.39, 0.29) is 15.5 Å². The van der Waals surface area contributed by atoms with Gasteiger partial charge in [-0.2, -0.15) is 13.2 Å². The summed E-state index contributed by atoms with van der Waals surface area (Å²) in [5, 5.41) is 3.32. The Morgan fingerprint density at radius 2 is 1.80 bits per heavy atom. The number of ether oxygens (including phenoxy) is 1. The van der Waals surface area contributed by atoms with E-state index in [1.165, 1.54) is 6.07 Å². The van der Waals surface area contributed by atoms with E-state index in [1.807, 2.05) is 0 Å². The summed E-state index contributed by atoms with van der Waals surface area (Å²) in [5.41, 5.74) is -1.22. The van der Waals surface area contributed by atoms with Crippen LogP contribution in [0.4, 0.5) is 13.2 Å². The van der Waals surface area contributed by atoms with Gasteiger partial charge in [-0.3, -0.25) is 14.4 Å². The third kappa shape index (κ3) is 4.98. The zero-order chi connectivity index (χ0) is 21.9. The maximum atomic E-state index is 12.7. The third-order valence-electron chi connectivity index (χ3n) is 4.01. The number of hydrogen-bond acceptors (Lipinski definition) is 5. The number of carbonyl (C=O) groups excluding carboxylic acids is 3. The van der Waals surface area contributed by atoms with E-state index in [0.717, 1.165) is 28.2 Å². The van der Waals surface area contributed by atoms with Crippen LogP contribution >= 0.6 is 22.9 Å². The molecule has 0 aliphatic carbocycles. The first kappa shape index (κ1) is 21.8. The van der Waals surface area contributed by atoms with Crippen LogP contribution in [-0.2, 0) is 15.7 Å². The van der Waals surface area contributed by atoms with E-state index in [2.05, 4.69) is 5.32 Å². The molecular weight excluding hydrogens is 443 g/mol. The molecule has 1 N–H and O–H groups in total. The zero-order valence-corrected chi connectivity index (χ0v) is 16.7. The van der Waals surface area contributed by atoms with Gasteiger partial charge in [0.15, 0.2) is 12.4 Å². The summed E-state index contributed by atoms with van der Waals surface area (Å²) < 4.78 is 43.7. The highest BCUT2D eigenvalue weighted by molar-refractivity contribution is 7.21. The summed E-state index contributed by atoms with van der Waals surface area (Å²) in [6.45, 7) is -1.28. The predicted molar refractivity (Wildman–Crippen MR) is 106 cm³/mol. The van der Waals surface area contributed by atoms with Gasteiger partial charge in [-0.1, -0.05) is 41.9 Å². The summed E-state index contributed by atoms with van der Waals surface area (Å²) >= 11 is 7.35. The van der Waals surface area contributed by atoms with Gasteiger partial charge >= 0.3 is 12.1 Å². The minimum absolute atomic E-state index is 0.228. The monoisotopic (exact) mass is 455 g/mol. The molecule has 30 heavy (non-hydrogen) atoms. The van der Waals surface area contributed by atoms with Gasteiger partial charge in [0.25, 0.3) is 5.91 Å². The molecule has 1 heterocycles. The first-order valence-electron chi connectivity index (χ1n) is 8.48. The lowest BCUT2D eigenvalue weighted by Gasteiger charge is -2.09. The Labute approximate surface area is 177 Å². The fourth-order valence-electron chi connectivity index (χ4n) is 2.54. The lowest BCUT2D eigenvalue weighted by Crippen LogP contribution is -2.31. The molecule has 0 fully saturated rings. The topological polar surface area (TPSA) is 72.5 Å². The van der Waals surface area contributed by atoms with E-state index in [4.69, 9.17) is 16.3 Å². The van der Waals surface area contributed by atoms with Gasteiger partial charge < -0.3 is 10.1 Å². The lowest BCUT2D eigenvalue weighted by molar-refractivity contribution is -0.141. The van der Waals surface area contributed by atoms with Crippen molar-refractivity contribution in [1.29, 1.82) is 0 Å². The largest absolute Gasteiger partial charge is 0.456 e. The number of benzene rings is 2. The van der Waals surface area contributed by atoms with E-state index in [1.54, 1.807) is 24.3 Å². The van der Waals surface area contributed by atoms with E-state index in [9.17, 15) is 27.6 Å². The minimum atomic E-state index is -4.59. The number of ketones is 1. The number of halogens is 4. The van der Waals surface area contributed by atoms with Crippen LogP contribution in [0.1, 0.15) is 25.6 Å². The summed E-state index contributed by atoms with van der Waals surface area (Å²) in [5.74, 6) is -2.29. The van der Waals surface area contributed by atoms with Gasteiger partial charge in [-0.05, 0) is 18.2 Å². The number of fused-ring (bicyclic) bond motifs is 1. The number of nitrogens with one attached hydrogen (secondary N) is 1. The minimum Gasteiger partial charge on any atom is -0.456 e. The van der Waals surface area contributed by atoms with Crippen molar-refractivity contribution >= 4 is 50.7 Å². The van der Waals surface area contributed by atoms with Crippen LogP contribution in [-0.4, -0.2) is 30.8 Å². The second-order valence-electron chi connectivity index (χ2n) is 6.09. The highest BCUT2D eigenvalue weighted by Gasteiger charge is 2.31. The van der Waals surface area contributed by atoms with Gasteiger partial charge in [0.2, 0.25) is 0 Å². The van der Waals surface area contributed by atoms with E-state index < -0.39 is 42.6 Å². The van der Waals surface area contributed by atoms with E-state index in [0.29, 0.717) is 11.5 Å². The molecule has 0 bridgehead atoms. The van der Waals surface area contributed by atoms with Gasteiger partial charge in [0, 0.05) is 15.6 Å². The first-order chi connectivity index (χ1) is 14.2. The molecule has 0 saturated carbocycles. The molecule has 0 saturated heterocycles. The van der Waals surface area contributed by atoms with Crippen LogP contribution in [0.2, 0.25) is 5.02 Å². The average molecular weight is 456 g/mol. The van der Waals surface area contributed by atoms with Crippen molar-refractivity contribution < 1.29 is 32.3 Å². The van der Waals surface area contributed by atoms with E-state index >= 15 is 0 Å². The Morgan fingerprint density at radius 1 is 1.07 bits per heavy atom. The van der Waals surface area contributed by atoms with Crippen LogP contribution in [0.15, 0.2) is 48.5 Å². The van der Waals surface area contributed by atoms with Crippen molar-refractivity contribution in [1.82, 2.24) is 5.32 Å². The van der Waals surface area contributed by atoms with Crippen molar-refractivity contribution in [2.24, 2.45) is 0 Å². The van der Waals surface area contributed by atoms with Crippen LogP contribution in [0.25, 0.3) is 10.1 Å². The number of thiophene rings is 1. The molecule has 0 spiro atoms. The summed E-state index contributed by atoms with van der Waals surface area (Å²) in [7, 11) is 0. The maximum Gasteiger partial charge on any atom is 0.416 e. The smallest absolute Gasteiger partial charge is 0.416 e. The number of rotatable bonds is 6. The summed E-state index contributed by atoms with van der Waals surface area (Å²) in [6.07, 6.45) is -4.59. The number of amides is 1. The van der Waals surface area contributed by atoms with Gasteiger partial charge in [0.1, 0.15) is 11.4 Å². The molecule has 0 aliphatic heterocycles. The van der Waals surface area contributed by atoms with Crippen molar-refractivity contribution in [2.45, 2.75) is 6.18 Å². The number of carbonyl (C=O) groups is 3. The van der Waals surface area contributed by atoms with Crippen LogP contribution in [0.3, 0.4) is 0 Å². The maximum absolute atomic E-state index is 12.7. The molecule has 1 aromatic heterocycles. The molecule has 3 rings (SSSR count). The highest BCUT2D eigenvalue weighted by atomic mass is 35.5. The summed E-state index contributed by atoms with van der Waals surface area (Å²) in [6, 6.07) is 10.9. The Morgan fingerprint density at radius 3 is 2.50 bits per heavy atom. The van der Waals surface area contributed by atoms with Crippen molar-refractivity contribution in [3.63, 3.8) is 0 Å². The second kappa shape index (κ2) is 8.85. The quantitative estimate of drug-likeness (QED) is 0.431. The van der Waals surface area contributed by atoms with Crippen molar-refractivity contribution in [3.8, 4) is 0 Å². The number of alkyl halides is 3. The van der Waals surface area contributed by atoms with Crippen LogP contribution in [0, 0.1) is 0 Å². The molecule has 0 aliphatic rings. The van der Waals surface area contributed by atoms with Crippen LogP contribution < -0.4 is 5.32 Å². The third-order valence-corrected chi connectivity index (χ3v) is 5.68. The summed E-state index contributed by atoms with van der Waals surface area (Å²) in [4.78, 5) is 36.3. The Balaban J connectivity index is 1.54. The van der Waals surface area contributed by atoms with Crippen molar-refractivity contribution in [3.05, 3.63) is 69.6 Å². The van der Waals surface area contributed by atoms with Gasteiger partial charge in [-0.25, -0.2) is 0 Å². The lowest BCUT2D eigenvalue weighted by atomic mass is 10.1. The molecule has 5 nitrogen and oxygen atoms in total. The second-order valence-corrected chi connectivity index (χ2v) is 7.52. The fraction of sp³-hybridized carbons (Fsp3) is 0.150. The molecule has 1 amide bonds. The predicted octanol–water partition coefficient (Wildman–Crippen LogP) is 4.73. The Kier molecular flexibility index (Phi) is 6.42. The number of hydrogen-bond donors (Lipinski definition) is 1.